The molecule has 6 nitrogen and oxygen atoms in total. The first-order valence-electron chi connectivity index (χ1n) is 5.77. The molecule has 0 fully saturated rings. The van der Waals surface area contributed by atoms with Gasteiger partial charge >= 0.3 is 0 Å². The number of nitrogens with two attached hydrogens (primary N) is 1. The molecule has 21 heavy (non-hydrogen) atoms. The number of nitriles is 1. The molecule has 106 valence electrons. The van der Waals surface area contributed by atoms with Gasteiger partial charge in [-0.25, -0.2) is 4.90 Å². The summed E-state index contributed by atoms with van der Waals surface area (Å²) in [7, 11) is 1.59. The zero-order valence-electron chi connectivity index (χ0n) is 10.9. The fraction of sp³-hybridized carbons (Fsp3) is 0.0769. The minimum absolute atomic E-state index is 0.171. The van der Waals surface area contributed by atoms with Crippen molar-refractivity contribution in [2.75, 3.05) is 4.90 Å². The molecule has 0 bridgehead atoms. The van der Waals surface area contributed by atoms with Crippen LogP contribution in [0, 0.1) is 11.3 Å². The van der Waals surface area contributed by atoms with Crippen molar-refractivity contribution in [2.24, 2.45) is 12.8 Å². The van der Waals surface area contributed by atoms with Gasteiger partial charge in [-0.15, -0.1) is 0 Å². The van der Waals surface area contributed by atoms with Crippen molar-refractivity contribution in [1.29, 1.82) is 5.26 Å². The highest BCUT2D eigenvalue weighted by molar-refractivity contribution is 7.80. The minimum Gasteiger partial charge on any atom is -0.375 e. The maximum absolute atomic E-state index is 12.6. The van der Waals surface area contributed by atoms with Crippen LogP contribution in [0.2, 0.25) is 5.02 Å². The largest absolute Gasteiger partial charge is 0.375 e. The van der Waals surface area contributed by atoms with Crippen molar-refractivity contribution >= 4 is 40.7 Å². The lowest BCUT2D eigenvalue weighted by Gasteiger charge is -2.21. The highest BCUT2D eigenvalue weighted by Gasteiger charge is 2.26. The molecule has 2 aromatic rings. The smallest absolute Gasteiger partial charge is 0.265 e. The van der Waals surface area contributed by atoms with Crippen LogP contribution in [0.3, 0.4) is 0 Å². The van der Waals surface area contributed by atoms with E-state index in [2.05, 4.69) is 5.10 Å². The summed E-state index contributed by atoms with van der Waals surface area (Å²) in [6, 6.07) is 8.23. The van der Waals surface area contributed by atoms with E-state index in [1.54, 1.807) is 31.3 Å². The predicted molar refractivity (Wildman–Crippen MR) is 83.0 cm³/mol. The van der Waals surface area contributed by atoms with Crippen LogP contribution in [-0.2, 0) is 7.05 Å². The van der Waals surface area contributed by atoms with Crippen LogP contribution >= 0.6 is 23.8 Å². The molecule has 8 heteroatoms. The average molecular weight is 320 g/mol. The van der Waals surface area contributed by atoms with Crippen LogP contribution in [0.25, 0.3) is 0 Å². The van der Waals surface area contributed by atoms with Gasteiger partial charge < -0.3 is 5.73 Å². The zero-order chi connectivity index (χ0) is 15.6. The number of benzene rings is 1. The number of anilines is 1. The number of aryl methyl sites for hydroxylation is 1. The van der Waals surface area contributed by atoms with Gasteiger partial charge in [0.2, 0.25) is 0 Å². The van der Waals surface area contributed by atoms with E-state index >= 15 is 0 Å². The molecule has 1 aromatic heterocycles. The number of hydrogen-bond donors (Lipinski definition) is 1. The summed E-state index contributed by atoms with van der Waals surface area (Å²) >= 11 is 10.7. The van der Waals surface area contributed by atoms with E-state index in [0.717, 1.165) is 4.90 Å². The van der Waals surface area contributed by atoms with Crippen molar-refractivity contribution in [3.8, 4) is 6.07 Å². The van der Waals surface area contributed by atoms with Crippen molar-refractivity contribution in [1.82, 2.24) is 9.78 Å². The van der Waals surface area contributed by atoms with Gasteiger partial charge in [-0.3, -0.25) is 9.48 Å². The number of carbonyl (C=O) groups is 1. The molecule has 2 rings (SSSR count). The Hall–Kier alpha value is -2.43. The quantitative estimate of drug-likeness (QED) is 0.853. The van der Waals surface area contributed by atoms with Gasteiger partial charge in [-0.05, 0) is 36.5 Å². The summed E-state index contributed by atoms with van der Waals surface area (Å²) in [5, 5.41) is 13.4. The monoisotopic (exact) mass is 319 g/mol. The number of hydrogen-bond acceptors (Lipinski definition) is 4. The molecule has 0 saturated heterocycles. The van der Waals surface area contributed by atoms with Gasteiger partial charge in [0.25, 0.3) is 5.91 Å². The van der Waals surface area contributed by atoms with Gasteiger partial charge in [0.15, 0.2) is 10.9 Å². The topological polar surface area (TPSA) is 87.9 Å². The first-order chi connectivity index (χ1) is 9.95. The highest BCUT2D eigenvalue weighted by atomic mass is 35.5. The lowest BCUT2D eigenvalue weighted by molar-refractivity contribution is 0.100. The Morgan fingerprint density at radius 2 is 2.10 bits per heavy atom. The van der Waals surface area contributed by atoms with Crippen LogP contribution in [0.15, 0.2) is 30.5 Å². The number of halogens is 1. The van der Waals surface area contributed by atoms with E-state index in [0.29, 0.717) is 10.6 Å². The molecular weight excluding hydrogens is 310 g/mol. The third-order valence-electron chi connectivity index (χ3n) is 2.75. The molecule has 0 aliphatic carbocycles. The average Bonchev–Trinajstić information content (AvgIpc) is 2.81. The van der Waals surface area contributed by atoms with Gasteiger partial charge in [-0.2, -0.15) is 10.4 Å². The van der Waals surface area contributed by atoms with Crippen LogP contribution in [0.1, 0.15) is 15.9 Å². The Morgan fingerprint density at radius 1 is 1.48 bits per heavy atom. The Balaban J connectivity index is 2.52. The van der Waals surface area contributed by atoms with E-state index in [1.165, 1.54) is 10.9 Å². The number of nitrogens with zero attached hydrogens (tertiary/aromatic N) is 4. The van der Waals surface area contributed by atoms with Crippen LogP contribution < -0.4 is 10.6 Å². The van der Waals surface area contributed by atoms with Crippen LogP contribution in [0.5, 0.6) is 0 Å². The predicted octanol–water partition coefficient (Wildman–Crippen LogP) is 1.84. The molecular formula is C13H10ClN5OS. The standard InChI is InChI=1S/C13H10ClN5OS/c1-18-11(9(6-15)7-17-18)19(13(16)21)12(20)8-2-4-10(14)5-3-8/h2-5,7H,1H3,(H2,16,21). The van der Waals surface area contributed by atoms with Crippen molar-refractivity contribution in [3.63, 3.8) is 0 Å². The molecule has 0 saturated carbocycles. The number of carbonyl (C=O) groups excluding carboxylic acids is 1. The molecule has 0 unspecified atom stereocenters. The third-order valence-corrected chi connectivity index (χ3v) is 3.19. The lowest BCUT2D eigenvalue weighted by atomic mass is 10.2. The summed E-state index contributed by atoms with van der Waals surface area (Å²) < 4.78 is 1.37. The fourth-order valence-electron chi connectivity index (χ4n) is 1.80. The fourth-order valence-corrected chi connectivity index (χ4v) is 2.09. The van der Waals surface area contributed by atoms with E-state index in [1.807, 2.05) is 6.07 Å². The SMILES string of the molecule is Cn1ncc(C#N)c1N(C(=O)c1ccc(Cl)cc1)C(N)=S. The first kappa shape index (κ1) is 15.0. The number of rotatable bonds is 2. The highest BCUT2D eigenvalue weighted by Crippen LogP contribution is 2.21. The van der Waals surface area contributed by atoms with E-state index < -0.39 is 5.91 Å². The van der Waals surface area contributed by atoms with Gasteiger partial charge in [0, 0.05) is 17.6 Å². The molecule has 1 aromatic carbocycles. The summed E-state index contributed by atoms with van der Waals surface area (Å²) in [5.41, 5.74) is 6.19. The molecule has 0 radical (unpaired) electrons. The van der Waals surface area contributed by atoms with Gasteiger partial charge in [-0.1, -0.05) is 11.6 Å². The number of aromatic nitrogens is 2. The summed E-state index contributed by atoms with van der Waals surface area (Å²) in [5.74, 6) is -0.232. The van der Waals surface area contributed by atoms with Crippen LogP contribution in [0.4, 0.5) is 5.82 Å². The van der Waals surface area contributed by atoms with Crippen LogP contribution in [-0.4, -0.2) is 20.8 Å². The van der Waals surface area contributed by atoms with E-state index in [9.17, 15) is 4.79 Å². The summed E-state index contributed by atoms with van der Waals surface area (Å²) in [6.45, 7) is 0. The molecule has 1 amide bonds. The molecule has 1 heterocycles. The Kier molecular flexibility index (Phi) is 4.21. The second-order valence-corrected chi connectivity index (χ2v) is 4.96. The Bertz CT molecular complexity index is 747. The van der Waals surface area contributed by atoms with E-state index in [-0.39, 0.29) is 16.5 Å². The number of amides is 1. The normalized spacial score (nSPS) is 9.95. The van der Waals surface area contributed by atoms with Gasteiger partial charge in [0.05, 0.1) is 6.20 Å². The minimum atomic E-state index is -0.459. The van der Waals surface area contributed by atoms with Gasteiger partial charge in [0.1, 0.15) is 11.6 Å². The molecule has 2 N–H and O–H groups in total. The number of thiocarbonyl (C=S) groups is 1. The maximum Gasteiger partial charge on any atom is 0.265 e. The molecule has 0 aliphatic rings. The Morgan fingerprint density at radius 3 is 2.62 bits per heavy atom. The summed E-state index contributed by atoms with van der Waals surface area (Å²) in [4.78, 5) is 13.7. The lowest BCUT2D eigenvalue weighted by Crippen LogP contribution is -2.42. The summed E-state index contributed by atoms with van der Waals surface area (Å²) in [6.07, 6.45) is 1.34. The maximum atomic E-state index is 12.6. The van der Waals surface area contributed by atoms with Crippen molar-refractivity contribution in [2.45, 2.75) is 0 Å². The Labute approximate surface area is 131 Å². The third kappa shape index (κ3) is 2.86. The molecule has 0 spiro atoms. The first-order valence-corrected chi connectivity index (χ1v) is 6.56. The second kappa shape index (κ2) is 5.91. The second-order valence-electron chi connectivity index (χ2n) is 4.10. The van der Waals surface area contributed by atoms with Crippen molar-refractivity contribution in [3.05, 3.63) is 46.6 Å². The van der Waals surface area contributed by atoms with E-state index in [4.69, 9.17) is 34.8 Å². The zero-order valence-corrected chi connectivity index (χ0v) is 12.5. The van der Waals surface area contributed by atoms with Crippen molar-refractivity contribution < 1.29 is 4.79 Å². The molecule has 0 aliphatic heterocycles. The molecule has 0 atom stereocenters.